The van der Waals surface area contributed by atoms with Crippen molar-refractivity contribution in [3.05, 3.63) is 4.88 Å². The van der Waals surface area contributed by atoms with Crippen LogP contribution in [0, 0.1) is 0 Å². The molecule has 2 heterocycles. The van der Waals surface area contributed by atoms with Gasteiger partial charge in [-0.1, -0.05) is 11.3 Å². The summed E-state index contributed by atoms with van der Waals surface area (Å²) >= 11 is 1.33. The maximum absolute atomic E-state index is 12.8. The Kier molecular flexibility index (Phi) is 3.92. The zero-order valence-electron chi connectivity index (χ0n) is 13.6. The van der Waals surface area contributed by atoms with Gasteiger partial charge in [0.1, 0.15) is 10.7 Å². The summed E-state index contributed by atoms with van der Waals surface area (Å²) in [6, 6.07) is 0. The fraction of sp³-hybridized carbons (Fsp3) is 0.714. The third kappa shape index (κ3) is 3.47. The first-order valence-corrected chi connectivity index (χ1v) is 7.75. The molecule has 1 aliphatic rings. The van der Waals surface area contributed by atoms with Crippen LogP contribution in [0.4, 0.5) is 10.9 Å². The van der Waals surface area contributed by atoms with Crippen LogP contribution in [0.15, 0.2) is 0 Å². The molecule has 7 heteroatoms. The van der Waals surface area contributed by atoms with E-state index in [9.17, 15) is 4.79 Å². The van der Waals surface area contributed by atoms with Crippen LogP contribution < -0.4 is 10.6 Å². The molecule has 118 valence electrons. The van der Waals surface area contributed by atoms with Crippen LogP contribution in [0.25, 0.3) is 0 Å². The fourth-order valence-electron chi connectivity index (χ4n) is 2.74. The number of rotatable bonds is 2. The summed E-state index contributed by atoms with van der Waals surface area (Å²) in [5.41, 5.74) is 5.17. The van der Waals surface area contributed by atoms with Crippen LogP contribution >= 0.6 is 11.3 Å². The number of morpholine rings is 1. The molecule has 1 saturated heterocycles. The Morgan fingerprint density at radius 3 is 2.24 bits per heavy atom. The lowest BCUT2D eigenvalue weighted by atomic mass is 9.99. The molecule has 0 spiro atoms. The number of ether oxygens (including phenoxy) is 1. The highest BCUT2D eigenvalue weighted by Crippen LogP contribution is 2.32. The molecule has 2 rings (SSSR count). The normalized spacial score (nSPS) is 20.4. The van der Waals surface area contributed by atoms with Gasteiger partial charge in [0.05, 0.1) is 11.2 Å². The lowest BCUT2D eigenvalue weighted by Crippen LogP contribution is -2.58. The van der Waals surface area contributed by atoms with E-state index in [0.717, 1.165) is 5.13 Å². The first kappa shape index (κ1) is 16.0. The van der Waals surface area contributed by atoms with Crippen molar-refractivity contribution in [1.29, 1.82) is 0 Å². The van der Waals surface area contributed by atoms with E-state index < -0.39 is 0 Å². The quantitative estimate of drug-likeness (QED) is 0.902. The second-order valence-corrected chi connectivity index (χ2v) is 7.87. The number of nitrogens with two attached hydrogens (primary N) is 1. The molecule has 0 radical (unpaired) electrons. The lowest BCUT2D eigenvalue weighted by Gasteiger charge is -2.47. The van der Waals surface area contributed by atoms with Gasteiger partial charge >= 0.3 is 0 Å². The molecule has 0 aromatic carbocycles. The summed E-state index contributed by atoms with van der Waals surface area (Å²) in [6.07, 6.45) is 0. The Morgan fingerprint density at radius 1 is 1.29 bits per heavy atom. The van der Waals surface area contributed by atoms with Gasteiger partial charge in [-0.2, -0.15) is 0 Å². The average Bonchev–Trinajstić information content (AvgIpc) is 2.66. The molecule has 21 heavy (non-hydrogen) atoms. The van der Waals surface area contributed by atoms with Crippen LogP contribution in [-0.2, 0) is 4.74 Å². The lowest BCUT2D eigenvalue weighted by molar-refractivity contribution is -0.171. The molecule has 0 bridgehead atoms. The van der Waals surface area contributed by atoms with Crippen LogP contribution in [-0.4, -0.2) is 54.2 Å². The Morgan fingerprint density at radius 2 is 1.81 bits per heavy atom. The van der Waals surface area contributed by atoms with E-state index in [2.05, 4.69) is 4.98 Å². The van der Waals surface area contributed by atoms with Crippen molar-refractivity contribution >= 4 is 28.2 Å². The van der Waals surface area contributed by atoms with Crippen LogP contribution in [0.2, 0.25) is 0 Å². The molecule has 1 aromatic heterocycles. The van der Waals surface area contributed by atoms with Gasteiger partial charge in [-0.25, -0.2) is 4.98 Å². The Bertz CT molecular complexity index is 535. The minimum Gasteiger partial charge on any atom is -0.382 e. The molecular formula is C14H24N4O2S. The molecule has 0 saturated carbocycles. The number of carbonyl (C=O) groups is 1. The molecule has 0 aliphatic carbocycles. The summed E-state index contributed by atoms with van der Waals surface area (Å²) in [5.74, 6) is 0.235. The Hall–Kier alpha value is -1.34. The minimum absolute atomic E-state index is 0.0671. The van der Waals surface area contributed by atoms with Gasteiger partial charge in [-0.15, -0.1) is 0 Å². The summed E-state index contributed by atoms with van der Waals surface area (Å²) in [6.45, 7) is 9.07. The third-order valence-electron chi connectivity index (χ3n) is 3.20. The maximum Gasteiger partial charge on any atom is 0.268 e. The van der Waals surface area contributed by atoms with E-state index in [-0.39, 0.29) is 17.1 Å². The number of nitrogens with zero attached hydrogens (tertiary/aromatic N) is 3. The van der Waals surface area contributed by atoms with Crippen molar-refractivity contribution in [3.8, 4) is 0 Å². The van der Waals surface area contributed by atoms with Gasteiger partial charge in [0.2, 0.25) is 0 Å². The van der Waals surface area contributed by atoms with Crippen molar-refractivity contribution in [3.63, 3.8) is 0 Å². The average molecular weight is 312 g/mol. The number of aromatic nitrogens is 1. The number of hydrogen-bond acceptors (Lipinski definition) is 6. The van der Waals surface area contributed by atoms with E-state index >= 15 is 0 Å². The zero-order chi connectivity index (χ0) is 16.0. The van der Waals surface area contributed by atoms with Crippen LogP contribution in [0.5, 0.6) is 0 Å². The van der Waals surface area contributed by atoms with Crippen molar-refractivity contribution in [1.82, 2.24) is 9.88 Å². The largest absolute Gasteiger partial charge is 0.382 e. The molecule has 0 atom stereocenters. The molecule has 2 N–H and O–H groups in total. The zero-order valence-corrected chi connectivity index (χ0v) is 14.4. The highest BCUT2D eigenvalue weighted by molar-refractivity contribution is 7.18. The van der Waals surface area contributed by atoms with Gasteiger partial charge in [0, 0.05) is 27.2 Å². The molecule has 0 unspecified atom stereocenters. The van der Waals surface area contributed by atoms with Crippen molar-refractivity contribution in [2.75, 3.05) is 37.8 Å². The van der Waals surface area contributed by atoms with Gasteiger partial charge in [-0.05, 0) is 27.7 Å². The highest BCUT2D eigenvalue weighted by Gasteiger charge is 2.41. The van der Waals surface area contributed by atoms with E-state index in [0.29, 0.717) is 23.8 Å². The third-order valence-corrected chi connectivity index (χ3v) is 4.43. The molecule has 6 nitrogen and oxygen atoms in total. The maximum atomic E-state index is 12.8. The summed E-state index contributed by atoms with van der Waals surface area (Å²) in [5, 5.41) is 0.739. The number of amides is 1. The van der Waals surface area contributed by atoms with Gasteiger partial charge in [0.25, 0.3) is 5.91 Å². The monoisotopic (exact) mass is 312 g/mol. The highest BCUT2D eigenvalue weighted by atomic mass is 32.1. The summed E-state index contributed by atoms with van der Waals surface area (Å²) < 4.78 is 6.01. The molecule has 1 amide bonds. The van der Waals surface area contributed by atoms with E-state index in [1.165, 1.54) is 11.3 Å². The molecule has 1 fully saturated rings. The second kappa shape index (κ2) is 5.14. The molecule has 1 aromatic rings. The van der Waals surface area contributed by atoms with Gasteiger partial charge in [-0.3, -0.25) is 4.79 Å². The van der Waals surface area contributed by atoms with Crippen molar-refractivity contribution in [2.24, 2.45) is 0 Å². The first-order valence-electron chi connectivity index (χ1n) is 6.94. The van der Waals surface area contributed by atoms with Crippen LogP contribution in [0.1, 0.15) is 37.4 Å². The first-order chi connectivity index (χ1) is 9.51. The number of nitrogen functional groups attached to an aromatic ring is 1. The predicted octanol–water partition coefficient (Wildman–Crippen LogP) is 1.82. The van der Waals surface area contributed by atoms with E-state index in [1.807, 2.05) is 51.6 Å². The van der Waals surface area contributed by atoms with Gasteiger partial charge < -0.3 is 20.3 Å². The standard InChI is InChI=1S/C14H24N4O2S/c1-13(2)7-18(8-14(3,4)20-13)11(19)9-10(15)16-12(21-9)17(5)6/h7-8,15H2,1-6H3. The van der Waals surface area contributed by atoms with Gasteiger partial charge in [0.15, 0.2) is 5.13 Å². The van der Waals surface area contributed by atoms with Crippen molar-refractivity contribution in [2.45, 2.75) is 38.9 Å². The summed E-state index contributed by atoms with van der Waals surface area (Å²) in [7, 11) is 3.76. The molecule has 1 aliphatic heterocycles. The number of hydrogen-bond donors (Lipinski definition) is 1. The fourth-order valence-corrected chi connectivity index (χ4v) is 3.62. The topological polar surface area (TPSA) is 71.7 Å². The van der Waals surface area contributed by atoms with Crippen LogP contribution in [0.3, 0.4) is 0 Å². The summed E-state index contributed by atoms with van der Waals surface area (Å²) in [4.78, 5) is 21.2. The minimum atomic E-state index is -0.374. The number of thiazole rings is 1. The molecular weight excluding hydrogens is 288 g/mol. The van der Waals surface area contributed by atoms with Crippen molar-refractivity contribution < 1.29 is 9.53 Å². The number of carbonyl (C=O) groups excluding carboxylic acids is 1. The van der Waals surface area contributed by atoms with E-state index in [4.69, 9.17) is 10.5 Å². The SMILES string of the molecule is CN(C)c1nc(N)c(C(=O)N2CC(C)(C)OC(C)(C)C2)s1. The smallest absolute Gasteiger partial charge is 0.268 e. The van der Waals surface area contributed by atoms with E-state index in [1.54, 1.807) is 0 Å². The Labute approximate surface area is 129 Å². The second-order valence-electron chi connectivity index (χ2n) is 6.89. The predicted molar refractivity (Wildman–Crippen MR) is 86.0 cm³/mol. The number of anilines is 2. The Balaban J connectivity index is 2.27.